The van der Waals surface area contributed by atoms with Crippen molar-refractivity contribution < 1.29 is 4.74 Å². The van der Waals surface area contributed by atoms with E-state index in [1.54, 1.807) is 13.3 Å². The van der Waals surface area contributed by atoms with Gasteiger partial charge in [-0.25, -0.2) is 14.6 Å². The summed E-state index contributed by atoms with van der Waals surface area (Å²) in [6, 6.07) is 10.1. The Morgan fingerprint density at radius 1 is 1.00 bits per heavy atom. The van der Waals surface area contributed by atoms with Crippen LogP contribution in [0.2, 0.25) is 0 Å². The van der Waals surface area contributed by atoms with Gasteiger partial charge in [-0.15, -0.1) is 0 Å². The van der Waals surface area contributed by atoms with E-state index in [9.17, 15) is 0 Å². The van der Waals surface area contributed by atoms with Crippen LogP contribution in [0.1, 0.15) is 44.3 Å². The van der Waals surface area contributed by atoms with E-state index < -0.39 is 0 Å². The Morgan fingerprint density at radius 2 is 1.71 bits per heavy atom. The molecule has 146 valence electrons. The van der Waals surface area contributed by atoms with Crippen molar-refractivity contribution in [3.63, 3.8) is 0 Å². The summed E-state index contributed by atoms with van der Waals surface area (Å²) in [6.45, 7) is 3.58. The molecule has 3 aromatic rings. The molecule has 0 N–H and O–H groups in total. The topological polar surface area (TPSA) is 65.7 Å². The molecule has 0 aliphatic heterocycles. The molecule has 4 rings (SSSR count). The highest BCUT2D eigenvalue weighted by Gasteiger charge is 2.25. The summed E-state index contributed by atoms with van der Waals surface area (Å²) in [5, 5.41) is 4.81. The van der Waals surface area contributed by atoms with Gasteiger partial charge in [0, 0.05) is 18.6 Å². The molecule has 0 atom stereocenters. The first-order valence-electron chi connectivity index (χ1n) is 10.1. The molecule has 0 spiro atoms. The first-order valence-corrected chi connectivity index (χ1v) is 10.1. The third kappa shape index (κ3) is 4.12. The fraction of sp³-hybridized carbons (Fsp3) is 0.455. The zero-order chi connectivity index (χ0) is 19.3. The van der Waals surface area contributed by atoms with Crippen molar-refractivity contribution in [2.75, 3.05) is 13.7 Å². The van der Waals surface area contributed by atoms with Crippen LogP contribution in [0.15, 0.2) is 42.7 Å². The van der Waals surface area contributed by atoms with E-state index in [0.29, 0.717) is 19.1 Å². The van der Waals surface area contributed by atoms with Gasteiger partial charge in [0.2, 0.25) is 0 Å². The number of hydrogen-bond donors (Lipinski definition) is 0. The third-order valence-electron chi connectivity index (χ3n) is 5.53. The third-order valence-corrected chi connectivity index (χ3v) is 5.53. The minimum Gasteiger partial charge on any atom is -0.383 e. The van der Waals surface area contributed by atoms with Crippen molar-refractivity contribution in [2.24, 2.45) is 5.92 Å². The van der Waals surface area contributed by atoms with Crippen molar-refractivity contribution in [3.8, 4) is 22.8 Å². The SMILES string of the molecule is COCCn1nc(C2CCC(C)CC2)nc1-c1cnc(-c2ccccc2)cn1. The summed E-state index contributed by atoms with van der Waals surface area (Å²) in [5.74, 6) is 2.96. The fourth-order valence-corrected chi connectivity index (χ4v) is 3.78. The second-order valence-corrected chi connectivity index (χ2v) is 7.62. The molecule has 0 bridgehead atoms. The van der Waals surface area contributed by atoms with Crippen molar-refractivity contribution in [2.45, 2.75) is 45.1 Å². The molecule has 1 aliphatic rings. The molecule has 6 heteroatoms. The number of methoxy groups -OCH3 is 1. The van der Waals surface area contributed by atoms with Crippen LogP contribution in [0.4, 0.5) is 0 Å². The summed E-state index contributed by atoms with van der Waals surface area (Å²) >= 11 is 0. The van der Waals surface area contributed by atoms with E-state index >= 15 is 0 Å². The average molecular weight is 377 g/mol. The van der Waals surface area contributed by atoms with Crippen LogP contribution in [0.3, 0.4) is 0 Å². The van der Waals surface area contributed by atoms with Crippen LogP contribution in [-0.4, -0.2) is 38.4 Å². The quantitative estimate of drug-likeness (QED) is 0.639. The summed E-state index contributed by atoms with van der Waals surface area (Å²) in [5.41, 5.74) is 2.66. The Labute approximate surface area is 166 Å². The minimum absolute atomic E-state index is 0.440. The zero-order valence-corrected chi connectivity index (χ0v) is 16.6. The molecule has 1 aromatic carbocycles. The molecule has 1 aliphatic carbocycles. The van der Waals surface area contributed by atoms with Gasteiger partial charge in [0.1, 0.15) is 5.69 Å². The van der Waals surface area contributed by atoms with Crippen LogP contribution in [0.5, 0.6) is 0 Å². The molecule has 28 heavy (non-hydrogen) atoms. The summed E-state index contributed by atoms with van der Waals surface area (Å²) < 4.78 is 7.18. The summed E-state index contributed by atoms with van der Waals surface area (Å²) in [6.07, 6.45) is 8.42. The number of rotatable bonds is 6. The highest BCUT2D eigenvalue weighted by molar-refractivity contribution is 5.59. The average Bonchev–Trinajstić information content (AvgIpc) is 3.17. The molecule has 0 radical (unpaired) electrons. The van der Waals surface area contributed by atoms with E-state index in [4.69, 9.17) is 14.8 Å². The van der Waals surface area contributed by atoms with Gasteiger partial charge < -0.3 is 4.74 Å². The van der Waals surface area contributed by atoms with E-state index in [-0.39, 0.29) is 0 Å². The minimum atomic E-state index is 0.440. The largest absolute Gasteiger partial charge is 0.383 e. The Bertz CT molecular complexity index is 883. The van der Waals surface area contributed by atoms with Crippen molar-refractivity contribution in [1.82, 2.24) is 24.7 Å². The van der Waals surface area contributed by atoms with Gasteiger partial charge in [-0.2, -0.15) is 5.10 Å². The smallest absolute Gasteiger partial charge is 0.178 e. The van der Waals surface area contributed by atoms with Crippen LogP contribution < -0.4 is 0 Å². The van der Waals surface area contributed by atoms with Crippen LogP contribution in [-0.2, 0) is 11.3 Å². The van der Waals surface area contributed by atoms with Crippen molar-refractivity contribution in [3.05, 3.63) is 48.5 Å². The lowest BCUT2D eigenvalue weighted by Crippen LogP contribution is -2.13. The van der Waals surface area contributed by atoms with Gasteiger partial charge >= 0.3 is 0 Å². The number of aromatic nitrogens is 5. The van der Waals surface area contributed by atoms with Gasteiger partial charge in [-0.1, -0.05) is 50.1 Å². The standard InChI is InChI=1S/C22H27N5O/c1-16-8-10-18(11-9-16)21-25-22(27(26-21)12-13-28-2)20-15-23-19(14-24-20)17-6-4-3-5-7-17/h3-7,14-16,18H,8-13H2,1-2H3. The highest BCUT2D eigenvalue weighted by Crippen LogP contribution is 2.34. The molecule has 2 aromatic heterocycles. The first kappa shape index (κ1) is 18.7. The lowest BCUT2D eigenvalue weighted by atomic mass is 9.83. The fourth-order valence-electron chi connectivity index (χ4n) is 3.78. The van der Waals surface area contributed by atoms with Gasteiger partial charge in [-0.3, -0.25) is 4.98 Å². The van der Waals surface area contributed by atoms with Gasteiger partial charge in [0.25, 0.3) is 0 Å². The molecule has 0 amide bonds. The Morgan fingerprint density at radius 3 is 2.39 bits per heavy atom. The van der Waals surface area contributed by atoms with E-state index in [0.717, 1.165) is 47.4 Å². The van der Waals surface area contributed by atoms with Crippen LogP contribution >= 0.6 is 0 Å². The van der Waals surface area contributed by atoms with E-state index in [1.807, 2.05) is 41.2 Å². The lowest BCUT2D eigenvalue weighted by molar-refractivity contribution is 0.183. The van der Waals surface area contributed by atoms with Crippen molar-refractivity contribution >= 4 is 0 Å². The van der Waals surface area contributed by atoms with Crippen LogP contribution in [0.25, 0.3) is 22.8 Å². The molecular formula is C22H27N5O. The maximum absolute atomic E-state index is 5.26. The maximum Gasteiger partial charge on any atom is 0.178 e. The van der Waals surface area contributed by atoms with E-state index in [2.05, 4.69) is 16.9 Å². The number of nitrogens with zero attached hydrogens (tertiary/aromatic N) is 5. The molecular weight excluding hydrogens is 350 g/mol. The number of benzene rings is 1. The van der Waals surface area contributed by atoms with Gasteiger partial charge in [-0.05, 0) is 18.8 Å². The van der Waals surface area contributed by atoms with E-state index in [1.165, 1.54) is 12.8 Å². The number of hydrogen-bond acceptors (Lipinski definition) is 5. The molecule has 6 nitrogen and oxygen atoms in total. The molecule has 2 heterocycles. The number of ether oxygens (including phenoxy) is 1. The highest BCUT2D eigenvalue weighted by atomic mass is 16.5. The summed E-state index contributed by atoms with van der Waals surface area (Å²) in [4.78, 5) is 14.1. The van der Waals surface area contributed by atoms with Crippen molar-refractivity contribution in [1.29, 1.82) is 0 Å². The Balaban J connectivity index is 1.61. The monoisotopic (exact) mass is 377 g/mol. The maximum atomic E-state index is 5.26. The van der Waals surface area contributed by atoms with Gasteiger partial charge in [0.05, 0.1) is 31.2 Å². The predicted molar refractivity (Wildman–Crippen MR) is 109 cm³/mol. The molecule has 0 saturated heterocycles. The predicted octanol–water partition coefficient (Wildman–Crippen LogP) is 4.34. The molecule has 1 saturated carbocycles. The normalized spacial score (nSPS) is 19.6. The molecule has 1 fully saturated rings. The lowest BCUT2D eigenvalue weighted by Gasteiger charge is -2.23. The second-order valence-electron chi connectivity index (χ2n) is 7.62. The van der Waals surface area contributed by atoms with Crippen LogP contribution in [0, 0.1) is 5.92 Å². The summed E-state index contributed by atoms with van der Waals surface area (Å²) in [7, 11) is 1.70. The Hall–Kier alpha value is -2.60. The molecule has 0 unspecified atom stereocenters. The van der Waals surface area contributed by atoms with Gasteiger partial charge in [0.15, 0.2) is 11.6 Å². The zero-order valence-electron chi connectivity index (χ0n) is 16.6. The second kappa shape index (κ2) is 8.61. The first-order chi connectivity index (χ1) is 13.7. The Kier molecular flexibility index (Phi) is 5.76.